The number of rotatable bonds is 4. The van der Waals surface area contributed by atoms with Crippen LogP contribution >= 0.6 is 0 Å². The number of aldehydes is 1. The Balaban J connectivity index is 3.93. The second kappa shape index (κ2) is 4.10. The molecule has 0 bridgehead atoms. The van der Waals surface area contributed by atoms with Crippen molar-refractivity contribution in [2.24, 2.45) is 0 Å². The SMILES string of the molecule is O=CC(=O)[C@@H](O)[C@@H](O)CO. The molecule has 58 valence electrons. The lowest BCUT2D eigenvalue weighted by Crippen LogP contribution is -2.36. The van der Waals surface area contributed by atoms with Crippen molar-refractivity contribution in [2.75, 3.05) is 6.61 Å². The van der Waals surface area contributed by atoms with Crippen LogP contribution in [-0.4, -0.2) is 46.2 Å². The van der Waals surface area contributed by atoms with Gasteiger partial charge in [-0.2, -0.15) is 0 Å². The fraction of sp³-hybridized carbons (Fsp3) is 0.600. The maximum Gasteiger partial charge on any atom is 0.226 e. The van der Waals surface area contributed by atoms with E-state index in [1.807, 2.05) is 0 Å². The van der Waals surface area contributed by atoms with E-state index in [0.717, 1.165) is 0 Å². The highest BCUT2D eigenvalue weighted by atomic mass is 16.4. The van der Waals surface area contributed by atoms with Gasteiger partial charge in [-0.3, -0.25) is 9.59 Å². The van der Waals surface area contributed by atoms with Crippen LogP contribution in [0.2, 0.25) is 0 Å². The summed E-state index contributed by atoms with van der Waals surface area (Å²) in [7, 11) is 0. The van der Waals surface area contributed by atoms with Crippen molar-refractivity contribution < 1.29 is 24.9 Å². The van der Waals surface area contributed by atoms with E-state index in [1.165, 1.54) is 0 Å². The minimum Gasteiger partial charge on any atom is -0.394 e. The van der Waals surface area contributed by atoms with Crippen LogP contribution in [0.3, 0.4) is 0 Å². The summed E-state index contributed by atoms with van der Waals surface area (Å²) in [5.74, 6) is -1.14. The zero-order valence-corrected chi connectivity index (χ0v) is 5.10. The minimum atomic E-state index is -1.80. The highest BCUT2D eigenvalue weighted by molar-refractivity contribution is 6.27. The number of carbonyl (C=O) groups is 2. The van der Waals surface area contributed by atoms with Gasteiger partial charge in [0, 0.05) is 0 Å². The third kappa shape index (κ3) is 2.22. The Labute approximate surface area is 56.9 Å². The van der Waals surface area contributed by atoms with E-state index in [2.05, 4.69) is 0 Å². The lowest BCUT2D eigenvalue weighted by Gasteiger charge is -2.09. The molecule has 0 spiro atoms. The largest absolute Gasteiger partial charge is 0.394 e. The monoisotopic (exact) mass is 148 g/mol. The summed E-state index contributed by atoms with van der Waals surface area (Å²) >= 11 is 0. The average Bonchev–Trinajstić information content (AvgIpc) is 2.00. The Morgan fingerprint density at radius 2 is 2.00 bits per heavy atom. The van der Waals surface area contributed by atoms with Crippen LogP contribution in [0.15, 0.2) is 0 Å². The van der Waals surface area contributed by atoms with Gasteiger partial charge < -0.3 is 15.3 Å². The van der Waals surface area contributed by atoms with Crippen LogP contribution in [-0.2, 0) is 9.59 Å². The molecule has 0 fully saturated rings. The molecule has 10 heavy (non-hydrogen) atoms. The number of ketones is 1. The van der Waals surface area contributed by atoms with Gasteiger partial charge in [-0.15, -0.1) is 0 Å². The van der Waals surface area contributed by atoms with Crippen molar-refractivity contribution in [3.63, 3.8) is 0 Å². The van der Waals surface area contributed by atoms with Gasteiger partial charge >= 0.3 is 0 Å². The van der Waals surface area contributed by atoms with E-state index in [-0.39, 0.29) is 6.29 Å². The highest BCUT2D eigenvalue weighted by Gasteiger charge is 2.22. The Morgan fingerprint density at radius 3 is 2.30 bits per heavy atom. The molecule has 0 radical (unpaired) electrons. The summed E-state index contributed by atoms with van der Waals surface area (Å²) in [5, 5.41) is 25.3. The van der Waals surface area contributed by atoms with Crippen LogP contribution in [0.4, 0.5) is 0 Å². The van der Waals surface area contributed by atoms with Crippen molar-refractivity contribution in [2.45, 2.75) is 12.2 Å². The summed E-state index contributed by atoms with van der Waals surface area (Å²) in [4.78, 5) is 19.9. The topological polar surface area (TPSA) is 94.8 Å². The number of aliphatic hydroxyl groups is 3. The van der Waals surface area contributed by atoms with Crippen molar-refractivity contribution >= 4 is 12.1 Å². The fourth-order valence-corrected chi connectivity index (χ4v) is 0.359. The molecule has 0 saturated heterocycles. The lowest BCUT2D eigenvalue weighted by molar-refractivity contribution is -0.140. The molecule has 0 aromatic heterocycles. The molecular weight excluding hydrogens is 140 g/mol. The van der Waals surface area contributed by atoms with Crippen LogP contribution < -0.4 is 0 Å². The summed E-state index contributed by atoms with van der Waals surface area (Å²) in [6, 6.07) is 0. The lowest BCUT2D eigenvalue weighted by atomic mass is 10.1. The highest BCUT2D eigenvalue weighted by Crippen LogP contribution is 1.91. The molecule has 0 aromatic rings. The molecule has 0 aliphatic carbocycles. The maximum atomic E-state index is 10.2. The van der Waals surface area contributed by atoms with Gasteiger partial charge in [0.25, 0.3) is 0 Å². The van der Waals surface area contributed by atoms with Gasteiger partial charge in [0.2, 0.25) is 5.78 Å². The molecule has 0 saturated carbocycles. The standard InChI is InChI=1S/C5H8O5/c6-1-3(8)5(10)4(9)2-7/h1,4-5,7,9-10H,2H2/t4-,5+/m0/s1. The second-order valence-corrected chi connectivity index (χ2v) is 1.71. The summed E-state index contributed by atoms with van der Waals surface area (Å²) < 4.78 is 0. The third-order valence-corrected chi connectivity index (χ3v) is 0.959. The van der Waals surface area contributed by atoms with Crippen molar-refractivity contribution in [1.29, 1.82) is 0 Å². The Kier molecular flexibility index (Phi) is 3.78. The van der Waals surface area contributed by atoms with Gasteiger partial charge in [0.05, 0.1) is 6.61 Å². The molecule has 5 heteroatoms. The first-order valence-corrected chi connectivity index (χ1v) is 2.59. The van der Waals surface area contributed by atoms with E-state index >= 15 is 0 Å². The van der Waals surface area contributed by atoms with Crippen LogP contribution in [0.5, 0.6) is 0 Å². The van der Waals surface area contributed by atoms with Crippen molar-refractivity contribution in [1.82, 2.24) is 0 Å². The minimum absolute atomic E-state index is 0.108. The predicted molar refractivity (Wildman–Crippen MR) is 30.2 cm³/mol. The Hall–Kier alpha value is -0.780. The number of aliphatic hydroxyl groups excluding tert-OH is 3. The normalized spacial score (nSPS) is 15.9. The Bertz CT molecular complexity index is 132. The van der Waals surface area contributed by atoms with E-state index in [9.17, 15) is 9.59 Å². The quantitative estimate of drug-likeness (QED) is 0.302. The number of hydrogen-bond donors (Lipinski definition) is 3. The van der Waals surface area contributed by atoms with E-state index in [1.54, 1.807) is 0 Å². The van der Waals surface area contributed by atoms with Crippen LogP contribution in [0.1, 0.15) is 0 Å². The first kappa shape index (κ1) is 9.22. The van der Waals surface area contributed by atoms with E-state index < -0.39 is 24.6 Å². The number of carbonyl (C=O) groups excluding carboxylic acids is 2. The first-order chi connectivity index (χ1) is 4.63. The van der Waals surface area contributed by atoms with Gasteiger partial charge in [-0.25, -0.2) is 0 Å². The third-order valence-electron chi connectivity index (χ3n) is 0.959. The summed E-state index contributed by atoms with van der Waals surface area (Å²) in [6.45, 7) is -0.749. The second-order valence-electron chi connectivity index (χ2n) is 1.71. The number of hydrogen-bond acceptors (Lipinski definition) is 5. The van der Waals surface area contributed by atoms with Gasteiger partial charge in [0.1, 0.15) is 12.2 Å². The van der Waals surface area contributed by atoms with E-state index in [0.29, 0.717) is 0 Å². The molecule has 0 aliphatic rings. The molecule has 5 nitrogen and oxygen atoms in total. The Morgan fingerprint density at radius 1 is 1.50 bits per heavy atom. The molecule has 0 heterocycles. The zero-order chi connectivity index (χ0) is 8.15. The number of Topliss-reactive ketones (excluding diaryl/α,β-unsaturated/α-hetero) is 1. The molecule has 0 rings (SSSR count). The van der Waals surface area contributed by atoms with Crippen LogP contribution in [0, 0.1) is 0 Å². The van der Waals surface area contributed by atoms with E-state index in [4.69, 9.17) is 15.3 Å². The summed E-state index contributed by atoms with van der Waals surface area (Å²) in [5.41, 5.74) is 0. The molecule has 0 aromatic carbocycles. The van der Waals surface area contributed by atoms with Gasteiger partial charge in [-0.1, -0.05) is 0 Å². The first-order valence-electron chi connectivity index (χ1n) is 2.59. The average molecular weight is 148 g/mol. The van der Waals surface area contributed by atoms with Crippen LogP contribution in [0.25, 0.3) is 0 Å². The zero-order valence-electron chi connectivity index (χ0n) is 5.10. The molecule has 2 atom stereocenters. The van der Waals surface area contributed by atoms with Gasteiger partial charge in [-0.05, 0) is 0 Å². The van der Waals surface area contributed by atoms with Gasteiger partial charge in [0.15, 0.2) is 6.29 Å². The molecule has 3 N–H and O–H groups in total. The van der Waals surface area contributed by atoms with Crippen molar-refractivity contribution in [3.8, 4) is 0 Å². The molecule has 0 unspecified atom stereocenters. The molecular formula is C5H8O5. The smallest absolute Gasteiger partial charge is 0.226 e. The van der Waals surface area contributed by atoms with Crippen molar-refractivity contribution in [3.05, 3.63) is 0 Å². The summed E-state index contributed by atoms with van der Waals surface area (Å²) in [6.07, 6.45) is -3.48. The maximum absolute atomic E-state index is 10.2. The predicted octanol–water partition coefficient (Wildman–Crippen LogP) is -2.53. The molecule has 0 amide bonds. The fourth-order valence-electron chi connectivity index (χ4n) is 0.359. The molecule has 0 aliphatic heterocycles.